The molecular weight excluding hydrogens is 277 g/mol. The maximum absolute atomic E-state index is 12.9. The number of hydrogen-bond acceptors (Lipinski definition) is 4. The van der Waals surface area contributed by atoms with Gasteiger partial charge in [0, 0.05) is 26.2 Å². The minimum atomic E-state index is -0.723. The minimum Gasteiger partial charge on any atom is -0.350 e. The molecule has 18 heavy (non-hydrogen) atoms. The first-order chi connectivity index (χ1) is 8.56. The fourth-order valence-electron chi connectivity index (χ4n) is 1.94. The standard InChI is InChI=1S/C11H15ClFN3OS/c1-7-15-10(12)9(18-7)11(17)14-3-5-16-4-2-8(13)6-16/h8H,2-6H2,1H3,(H,14,17). The number of rotatable bonds is 4. The van der Waals surface area contributed by atoms with Gasteiger partial charge >= 0.3 is 0 Å². The zero-order chi connectivity index (χ0) is 13.1. The van der Waals surface area contributed by atoms with Crippen molar-refractivity contribution in [3.8, 4) is 0 Å². The highest BCUT2D eigenvalue weighted by molar-refractivity contribution is 7.14. The van der Waals surface area contributed by atoms with Crippen LogP contribution in [0.3, 0.4) is 0 Å². The second-order valence-corrected chi connectivity index (χ2v) is 5.86. The zero-order valence-corrected chi connectivity index (χ0v) is 11.7. The Bertz CT molecular complexity index is 440. The Kier molecular flexibility index (Phi) is 4.53. The number of alkyl halides is 1. The normalized spacial score (nSPS) is 20.3. The van der Waals surface area contributed by atoms with Crippen molar-refractivity contribution in [2.24, 2.45) is 0 Å². The molecule has 1 aliphatic heterocycles. The molecule has 100 valence electrons. The number of carbonyl (C=O) groups is 1. The first kappa shape index (κ1) is 13.7. The molecular formula is C11H15ClFN3OS. The summed E-state index contributed by atoms with van der Waals surface area (Å²) in [6.07, 6.45) is -0.132. The van der Waals surface area contributed by atoms with E-state index in [2.05, 4.69) is 10.3 Å². The second-order valence-electron chi connectivity index (χ2n) is 4.30. The number of nitrogens with zero attached hydrogens (tertiary/aromatic N) is 2. The van der Waals surface area contributed by atoms with Crippen LogP contribution in [0.15, 0.2) is 0 Å². The van der Waals surface area contributed by atoms with Crippen LogP contribution < -0.4 is 5.32 Å². The van der Waals surface area contributed by atoms with Crippen molar-refractivity contribution in [3.05, 3.63) is 15.0 Å². The summed E-state index contributed by atoms with van der Waals surface area (Å²) >= 11 is 7.12. The summed E-state index contributed by atoms with van der Waals surface area (Å²) in [6, 6.07) is 0. The summed E-state index contributed by atoms with van der Waals surface area (Å²) in [5, 5.41) is 3.80. The van der Waals surface area contributed by atoms with Crippen LogP contribution in [0, 0.1) is 6.92 Å². The van der Waals surface area contributed by atoms with Gasteiger partial charge in [-0.05, 0) is 13.3 Å². The number of halogens is 2. The van der Waals surface area contributed by atoms with Crippen LogP contribution >= 0.6 is 22.9 Å². The summed E-state index contributed by atoms with van der Waals surface area (Å²) in [5.41, 5.74) is 0. The number of aryl methyl sites for hydroxylation is 1. The van der Waals surface area contributed by atoms with E-state index in [0.29, 0.717) is 30.9 Å². The van der Waals surface area contributed by atoms with Crippen molar-refractivity contribution in [2.45, 2.75) is 19.5 Å². The highest BCUT2D eigenvalue weighted by Gasteiger charge is 2.21. The second kappa shape index (κ2) is 5.95. The van der Waals surface area contributed by atoms with Crippen LogP contribution in [0.2, 0.25) is 5.15 Å². The van der Waals surface area contributed by atoms with Crippen LogP contribution in [0.1, 0.15) is 21.1 Å². The van der Waals surface area contributed by atoms with E-state index < -0.39 is 6.17 Å². The molecule has 1 N–H and O–H groups in total. The molecule has 1 saturated heterocycles. The number of thiazole rings is 1. The maximum atomic E-state index is 12.9. The van der Waals surface area contributed by atoms with E-state index in [1.165, 1.54) is 11.3 Å². The number of carbonyl (C=O) groups excluding carboxylic acids is 1. The predicted molar refractivity (Wildman–Crippen MR) is 70.1 cm³/mol. The monoisotopic (exact) mass is 291 g/mol. The minimum absolute atomic E-state index is 0.207. The van der Waals surface area contributed by atoms with Gasteiger partial charge in [-0.2, -0.15) is 0 Å². The van der Waals surface area contributed by atoms with E-state index in [4.69, 9.17) is 11.6 Å². The van der Waals surface area contributed by atoms with Gasteiger partial charge in [0.1, 0.15) is 11.0 Å². The highest BCUT2D eigenvalue weighted by atomic mass is 35.5. The third kappa shape index (κ3) is 3.40. The molecule has 0 spiro atoms. The molecule has 0 bridgehead atoms. The average Bonchev–Trinajstić information content (AvgIpc) is 2.85. The van der Waals surface area contributed by atoms with Crippen LogP contribution in [0.4, 0.5) is 4.39 Å². The van der Waals surface area contributed by atoms with Gasteiger partial charge in [-0.1, -0.05) is 11.6 Å². The van der Waals surface area contributed by atoms with E-state index in [-0.39, 0.29) is 11.1 Å². The van der Waals surface area contributed by atoms with E-state index in [0.717, 1.165) is 11.6 Å². The van der Waals surface area contributed by atoms with E-state index in [9.17, 15) is 9.18 Å². The highest BCUT2D eigenvalue weighted by Crippen LogP contribution is 2.22. The molecule has 1 fully saturated rings. The number of hydrogen-bond donors (Lipinski definition) is 1. The van der Waals surface area contributed by atoms with Crippen molar-refractivity contribution in [1.82, 2.24) is 15.2 Å². The molecule has 7 heteroatoms. The molecule has 4 nitrogen and oxygen atoms in total. The van der Waals surface area contributed by atoms with Crippen molar-refractivity contribution >= 4 is 28.8 Å². The first-order valence-electron chi connectivity index (χ1n) is 5.84. The maximum Gasteiger partial charge on any atom is 0.264 e. The molecule has 1 atom stereocenters. The summed E-state index contributed by atoms with van der Waals surface area (Å²) in [7, 11) is 0. The van der Waals surface area contributed by atoms with Gasteiger partial charge in [-0.3, -0.25) is 9.69 Å². The summed E-state index contributed by atoms with van der Waals surface area (Å²) in [5.74, 6) is -0.207. The van der Waals surface area contributed by atoms with Gasteiger partial charge < -0.3 is 5.32 Å². The molecule has 1 amide bonds. The van der Waals surface area contributed by atoms with Crippen molar-refractivity contribution < 1.29 is 9.18 Å². The molecule has 0 radical (unpaired) electrons. The third-order valence-corrected chi connectivity index (χ3v) is 4.18. The lowest BCUT2D eigenvalue weighted by atomic mass is 10.3. The fourth-order valence-corrected chi connectivity index (χ4v) is 3.04. The Labute approximate surface area is 114 Å². The van der Waals surface area contributed by atoms with Gasteiger partial charge in [0.25, 0.3) is 5.91 Å². The van der Waals surface area contributed by atoms with Crippen LogP contribution in [-0.2, 0) is 0 Å². The molecule has 2 heterocycles. The predicted octanol–water partition coefficient (Wildman–Crippen LogP) is 1.88. The molecule has 1 aromatic rings. The van der Waals surface area contributed by atoms with Crippen LogP contribution in [-0.4, -0.2) is 48.1 Å². The third-order valence-electron chi connectivity index (χ3n) is 2.83. The Morgan fingerprint density at radius 1 is 1.72 bits per heavy atom. The summed E-state index contributed by atoms with van der Waals surface area (Å²) in [4.78, 5) is 18.2. The zero-order valence-electron chi connectivity index (χ0n) is 10.1. The smallest absolute Gasteiger partial charge is 0.264 e. The lowest BCUT2D eigenvalue weighted by Crippen LogP contribution is -2.33. The van der Waals surface area contributed by atoms with Crippen molar-refractivity contribution in [3.63, 3.8) is 0 Å². The topological polar surface area (TPSA) is 45.2 Å². The number of aromatic nitrogens is 1. The van der Waals surface area contributed by atoms with Gasteiger partial charge in [0.2, 0.25) is 0 Å². The lowest BCUT2D eigenvalue weighted by molar-refractivity contribution is 0.0953. The SMILES string of the molecule is Cc1nc(Cl)c(C(=O)NCCN2CCC(F)C2)s1. The Balaban J connectivity index is 1.77. The van der Waals surface area contributed by atoms with E-state index >= 15 is 0 Å². The van der Waals surface area contributed by atoms with Gasteiger partial charge in [0.05, 0.1) is 5.01 Å². The Hall–Kier alpha value is -0.720. The summed E-state index contributed by atoms with van der Waals surface area (Å²) < 4.78 is 12.9. The molecule has 1 aliphatic rings. The van der Waals surface area contributed by atoms with Crippen LogP contribution in [0.5, 0.6) is 0 Å². The van der Waals surface area contributed by atoms with E-state index in [1.54, 1.807) is 6.92 Å². The van der Waals surface area contributed by atoms with Gasteiger partial charge in [0.15, 0.2) is 5.15 Å². The number of likely N-dealkylation sites (tertiary alicyclic amines) is 1. The molecule has 1 unspecified atom stereocenters. The first-order valence-corrected chi connectivity index (χ1v) is 7.03. The molecule has 0 saturated carbocycles. The quantitative estimate of drug-likeness (QED) is 0.921. The van der Waals surface area contributed by atoms with Gasteiger partial charge in [-0.25, -0.2) is 9.37 Å². The van der Waals surface area contributed by atoms with Gasteiger partial charge in [-0.15, -0.1) is 11.3 Å². The summed E-state index contributed by atoms with van der Waals surface area (Å²) in [6.45, 7) is 4.20. The average molecular weight is 292 g/mol. The Morgan fingerprint density at radius 2 is 2.50 bits per heavy atom. The Morgan fingerprint density at radius 3 is 3.06 bits per heavy atom. The lowest BCUT2D eigenvalue weighted by Gasteiger charge is -2.14. The molecule has 1 aromatic heterocycles. The van der Waals surface area contributed by atoms with Crippen molar-refractivity contribution in [2.75, 3.05) is 26.2 Å². The molecule has 2 rings (SSSR count). The number of amides is 1. The molecule has 0 aromatic carbocycles. The molecule has 0 aliphatic carbocycles. The van der Waals surface area contributed by atoms with E-state index in [1.807, 2.05) is 4.90 Å². The van der Waals surface area contributed by atoms with Crippen LogP contribution in [0.25, 0.3) is 0 Å². The fraction of sp³-hybridized carbons (Fsp3) is 0.636. The largest absolute Gasteiger partial charge is 0.350 e. The van der Waals surface area contributed by atoms with Crippen molar-refractivity contribution in [1.29, 1.82) is 0 Å². The number of nitrogens with one attached hydrogen (secondary N) is 1.